The van der Waals surface area contributed by atoms with Gasteiger partial charge in [-0.05, 0) is 36.4 Å². The van der Waals surface area contributed by atoms with Gasteiger partial charge in [0.1, 0.15) is 15.2 Å². The molecule has 1 fully saturated rings. The maximum absolute atomic E-state index is 13.2. The van der Waals surface area contributed by atoms with E-state index in [0.29, 0.717) is 21.5 Å². The Bertz CT molecular complexity index is 1360. The van der Waals surface area contributed by atoms with Crippen LogP contribution in [-0.4, -0.2) is 37.8 Å². The summed E-state index contributed by atoms with van der Waals surface area (Å²) >= 11 is 7.69. The van der Waals surface area contributed by atoms with Crippen molar-refractivity contribution in [3.8, 4) is 5.75 Å². The van der Waals surface area contributed by atoms with Crippen molar-refractivity contribution in [3.05, 3.63) is 71.1 Å². The van der Waals surface area contributed by atoms with Crippen LogP contribution in [0.15, 0.2) is 75.3 Å². The Balaban J connectivity index is 1.60. The molecule has 1 aliphatic rings. The van der Waals surface area contributed by atoms with E-state index in [0.717, 1.165) is 23.1 Å². The molecular formula is C22H18ClN3O5S3. The van der Waals surface area contributed by atoms with Crippen LogP contribution >= 0.6 is 34.7 Å². The number of halogens is 1. The molecule has 8 nitrogen and oxygen atoms in total. The molecule has 1 aromatic heterocycles. The largest absolute Gasteiger partial charge is 0.497 e. The fourth-order valence-electron chi connectivity index (χ4n) is 3.14. The Labute approximate surface area is 209 Å². The molecule has 3 aromatic rings. The molecule has 12 heteroatoms. The van der Waals surface area contributed by atoms with Crippen LogP contribution in [0.2, 0.25) is 4.34 Å². The number of nitrogens with one attached hydrogen (secondary N) is 1. The van der Waals surface area contributed by atoms with Gasteiger partial charge in [-0.1, -0.05) is 47.6 Å². The van der Waals surface area contributed by atoms with E-state index in [1.807, 2.05) is 0 Å². The zero-order valence-electron chi connectivity index (χ0n) is 17.7. The second-order valence-electron chi connectivity index (χ2n) is 7.01. The number of ether oxygens (including phenoxy) is 1. The van der Waals surface area contributed by atoms with Gasteiger partial charge >= 0.3 is 0 Å². The number of methoxy groups -OCH3 is 1. The van der Waals surface area contributed by atoms with Gasteiger partial charge in [0, 0.05) is 18.2 Å². The third-order valence-corrected chi connectivity index (χ3v) is 8.89. The number of anilines is 2. The van der Waals surface area contributed by atoms with E-state index >= 15 is 0 Å². The molecule has 0 radical (unpaired) electrons. The zero-order valence-corrected chi connectivity index (χ0v) is 20.9. The fraction of sp³-hybridized carbons (Fsp3) is 0.136. The summed E-state index contributed by atoms with van der Waals surface area (Å²) in [6, 6.07) is 18.2. The van der Waals surface area contributed by atoms with Crippen molar-refractivity contribution in [2.24, 2.45) is 4.40 Å². The number of amides is 2. The Morgan fingerprint density at radius 2 is 1.91 bits per heavy atom. The van der Waals surface area contributed by atoms with E-state index < -0.39 is 27.1 Å². The Morgan fingerprint density at radius 1 is 1.15 bits per heavy atom. The van der Waals surface area contributed by atoms with E-state index in [-0.39, 0.29) is 15.8 Å². The lowest BCUT2D eigenvalue weighted by Crippen LogP contribution is -2.33. The number of sulfonamides is 1. The highest BCUT2D eigenvalue weighted by Crippen LogP contribution is 2.36. The van der Waals surface area contributed by atoms with Gasteiger partial charge < -0.3 is 10.1 Å². The van der Waals surface area contributed by atoms with Crippen molar-refractivity contribution in [2.75, 3.05) is 17.3 Å². The highest BCUT2D eigenvalue weighted by atomic mass is 35.5. The first-order valence-electron chi connectivity index (χ1n) is 9.87. The summed E-state index contributed by atoms with van der Waals surface area (Å²) in [6.45, 7) is 0. The van der Waals surface area contributed by atoms with Crippen LogP contribution in [-0.2, 0) is 19.6 Å². The highest BCUT2D eigenvalue weighted by molar-refractivity contribution is 8.16. The number of rotatable bonds is 7. The van der Waals surface area contributed by atoms with E-state index in [4.69, 9.17) is 16.3 Å². The Kier molecular flexibility index (Phi) is 7.27. The number of benzene rings is 2. The molecule has 2 amide bonds. The summed E-state index contributed by atoms with van der Waals surface area (Å²) < 4.78 is 35.0. The number of thioether (sulfide) groups is 1. The molecule has 1 atom stereocenters. The Morgan fingerprint density at radius 3 is 2.59 bits per heavy atom. The van der Waals surface area contributed by atoms with Gasteiger partial charge in [-0.3, -0.25) is 14.5 Å². The first-order valence-corrected chi connectivity index (χ1v) is 13.4. The van der Waals surface area contributed by atoms with Crippen molar-refractivity contribution < 1.29 is 22.7 Å². The van der Waals surface area contributed by atoms with Crippen molar-refractivity contribution in [3.63, 3.8) is 0 Å². The maximum atomic E-state index is 13.2. The van der Waals surface area contributed by atoms with E-state index in [9.17, 15) is 18.0 Å². The topological polar surface area (TPSA) is 105 Å². The number of para-hydroxylation sites is 1. The summed E-state index contributed by atoms with van der Waals surface area (Å²) in [7, 11) is -2.58. The number of thiophene rings is 1. The molecule has 1 aliphatic heterocycles. The molecule has 1 saturated heterocycles. The van der Waals surface area contributed by atoms with Gasteiger partial charge in [-0.25, -0.2) is 0 Å². The SMILES string of the molecule is COc1cccc(NC(=O)CC2S/C(=N\S(=O)(=O)c3ccc(Cl)s3)N(c3ccccc3)C2=O)c1. The van der Waals surface area contributed by atoms with Crippen molar-refractivity contribution in [1.82, 2.24) is 0 Å². The quantitative estimate of drug-likeness (QED) is 0.473. The van der Waals surface area contributed by atoms with Crippen LogP contribution in [0, 0.1) is 0 Å². The Hall–Kier alpha value is -2.86. The van der Waals surface area contributed by atoms with Gasteiger partial charge in [0.05, 0.1) is 17.1 Å². The molecule has 176 valence electrons. The summed E-state index contributed by atoms with van der Waals surface area (Å²) in [4.78, 5) is 27.1. The van der Waals surface area contributed by atoms with Crippen LogP contribution in [0.5, 0.6) is 5.75 Å². The van der Waals surface area contributed by atoms with E-state index in [1.165, 1.54) is 24.1 Å². The third kappa shape index (κ3) is 5.44. The van der Waals surface area contributed by atoms with Crippen molar-refractivity contribution in [2.45, 2.75) is 15.9 Å². The molecule has 0 aliphatic carbocycles. The second-order valence-corrected chi connectivity index (χ2v) is 11.7. The third-order valence-electron chi connectivity index (χ3n) is 4.67. The number of carbonyl (C=O) groups excluding carboxylic acids is 2. The normalized spacial score (nSPS) is 17.2. The van der Waals surface area contributed by atoms with Crippen LogP contribution in [0.4, 0.5) is 11.4 Å². The number of hydrogen-bond donors (Lipinski definition) is 1. The molecule has 4 rings (SSSR count). The summed E-state index contributed by atoms with van der Waals surface area (Å²) in [5, 5.41) is 1.85. The summed E-state index contributed by atoms with van der Waals surface area (Å²) in [6.07, 6.45) is -0.173. The molecule has 1 N–H and O–H groups in total. The predicted octanol–water partition coefficient (Wildman–Crippen LogP) is 4.63. The number of amidine groups is 1. The average molecular weight is 536 g/mol. The number of carbonyl (C=O) groups is 2. The molecule has 2 aromatic carbocycles. The van der Waals surface area contributed by atoms with Crippen LogP contribution in [0.25, 0.3) is 0 Å². The second kappa shape index (κ2) is 10.2. The lowest BCUT2D eigenvalue weighted by atomic mass is 10.2. The van der Waals surface area contributed by atoms with E-state index in [1.54, 1.807) is 54.6 Å². The first-order chi connectivity index (χ1) is 16.3. The minimum atomic E-state index is -4.10. The number of nitrogens with zero attached hydrogens (tertiary/aromatic N) is 2. The summed E-state index contributed by atoms with van der Waals surface area (Å²) in [5.74, 6) is -0.260. The number of hydrogen-bond acceptors (Lipinski definition) is 7. The monoisotopic (exact) mass is 535 g/mol. The molecule has 2 heterocycles. The van der Waals surface area contributed by atoms with E-state index in [2.05, 4.69) is 9.71 Å². The summed E-state index contributed by atoms with van der Waals surface area (Å²) in [5.41, 5.74) is 0.972. The van der Waals surface area contributed by atoms with Gasteiger partial charge in [-0.2, -0.15) is 8.42 Å². The lowest BCUT2D eigenvalue weighted by molar-refractivity contribution is -0.121. The van der Waals surface area contributed by atoms with Gasteiger partial charge in [0.15, 0.2) is 5.17 Å². The zero-order chi connectivity index (χ0) is 24.3. The minimum absolute atomic E-state index is 0.0279. The predicted molar refractivity (Wildman–Crippen MR) is 135 cm³/mol. The van der Waals surface area contributed by atoms with Crippen LogP contribution in [0.1, 0.15) is 6.42 Å². The van der Waals surface area contributed by atoms with Crippen LogP contribution < -0.4 is 15.0 Å². The van der Waals surface area contributed by atoms with Gasteiger partial charge in [-0.15, -0.1) is 15.7 Å². The van der Waals surface area contributed by atoms with Crippen molar-refractivity contribution >= 4 is 73.1 Å². The van der Waals surface area contributed by atoms with Gasteiger partial charge in [0.25, 0.3) is 10.0 Å². The smallest absolute Gasteiger partial charge is 0.294 e. The van der Waals surface area contributed by atoms with Gasteiger partial charge in [0.2, 0.25) is 11.8 Å². The molecule has 34 heavy (non-hydrogen) atoms. The lowest BCUT2D eigenvalue weighted by Gasteiger charge is -2.16. The average Bonchev–Trinajstić information content (AvgIpc) is 3.38. The first kappa shape index (κ1) is 24.3. The highest BCUT2D eigenvalue weighted by Gasteiger charge is 2.41. The molecule has 0 spiro atoms. The standard InChI is InChI=1S/C22H18ClN3O5S3/c1-31-16-9-5-6-14(12-16)24-19(27)13-17-21(28)26(15-7-3-2-4-8-15)22(32-17)25-34(29,30)20-11-10-18(23)33-20/h2-12,17H,13H2,1H3,(H,24,27)/b25-22-. The fourth-order valence-corrected chi connectivity index (χ4v) is 6.94. The molecule has 1 unspecified atom stereocenters. The minimum Gasteiger partial charge on any atom is -0.497 e. The maximum Gasteiger partial charge on any atom is 0.294 e. The molecule has 0 saturated carbocycles. The van der Waals surface area contributed by atoms with Crippen LogP contribution in [0.3, 0.4) is 0 Å². The molecular weight excluding hydrogens is 518 g/mol. The molecule has 0 bridgehead atoms. The van der Waals surface area contributed by atoms with Crippen molar-refractivity contribution in [1.29, 1.82) is 0 Å².